The van der Waals surface area contributed by atoms with Gasteiger partial charge in [0.25, 0.3) is 0 Å². The molecule has 0 aliphatic carbocycles. The maximum atomic E-state index is 5.91. The van der Waals surface area contributed by atoms with Crippen molar-refractivity contribution in [2.24, 2.45) is 10.7 Å². The zero-order valence-electron chi connectivity index (χ0n) is 12.7. The van der Waals surface area contributed by atoms with Gasteiger partial charge in [0.05, 0.1) is 18.9 Å². The molecular formula is C16H19N5O2. The van der Waals surface area contributed by atoms with E-state index in [2.05, 4.69) is 20.3 Å². The van der Waals surface area contributed by atoms with Crippen molar-refractivity contribution in [3.05, 3.63) is 42.5 Å². The number of fused-ring (bicyclic) bond motifs is 1. The Hall–Kier alpha value is -2.83. The summed E-state index contributed by atoms with van der Waals surface area (Å²) in [6.07, 6.45) is 6.61. The Morgan fingerprint density at radius 3 is 2.91 bits per heavy atom. The van der Waals surface area contributed by atoms with E-state index >= 15 is 0 Å². The van der Waals surface area contributed by atoms with Crippen LogP contribution < -0.4 is 20.5 Å². The molecule has 0 amide bonds. The molecule has 7 heteroatoms. The van der Waals surface area contributed by atoms with Gasteiger partial charge in [-0.1, -0.05) is 0 Å². The minimum Gasteiger partial charge on any atom is -0.490 e. The van der Waals surface area contributed by atoms with Crippen molar-refractivity contribution in [1.29, 1.82) is 0 Å². The number of aliphatic imine (C=N–C) groups is 1. The molecule has 23 heavy (non-hydrogen) atoms. The second kappa shape index (κ2) is 7.44. The summed E-state index contributed by atoms with van der Waals surface area (Å²) in [5.41, 5.74) is 7.61. The molecule has 3 rings (SSSR count). The molecule has 1 aliphatic rings. The van der Waals surface area contributed by atoms with Crippen LogP contribution in [0.15, 0.2) is 41.8 Å². The molecule has 2 heterocycles. The number of benzene rings is 1. The largest absolute Gasteiger partial charge is 0.490 e. The predicted molar refractivity (Wildman–Crippen MR) is 87.9 cm³/mol. The zero-order chi connectivity index (χ0) is 15.9. The van der Waals surface area contributed by atoms with E-state index in [0.717, 1.165) is 29.3 Å². The quantitative estimate of drug-likeness (QED) is 0.658. The molecule has 0 unspecified atom stereocenters. The molecule has 7 nitrogen and oxygen atoms in total. The van der Waals surface area contributed by atoms with Crippen molar-refractivity contribution >= 4 is 11.6 Å². The monoisotopic (exact) mass is 313 g/mol. The summed E-state index contributed by atoms with van der Waals surface area (Å²) in [5, 5.41) is 3.05. The van der Waals surface area contributed by atoms with Gasteiger partial charge in [-0.25, -0.2) is 0 Å². The van der Waals surface area contributed by atoms with Crippen LogP contribution in [0.2, 0.25) is 0 Å². The molecule has 0 fully saturated rings. The molecule has 0 saturated heterocycles. The Morgan fingerprint density at radius 1 is 1.22 bits per heavy atom. The Balaban J connectivity index is 1.58. The lowest BCUT2D eigenvalue weighted by Gasteiger charge is -2.10. The van der Waals surface area contributed by atoms with Gasteiger partial charge in [-0.2, -0.15) is 0 Å². The van der Waals surface area contributed by atoms with Crippen molar-refractivity contribution in [2.45, 2.75) is 12.8 Å². The van der Waals surface area contributed by atoms with Crippen molar-refractivity contribution in [3.63, 3.8) is 0 Å². The highest BCUT2D eigenvalue weighted by atomic mass is 16.5. The number of guanidine groups is 1. The molecule has 1 aromatic heterocycles. The maximum Gasteiger partial charge on any atom is 0.193 e. The van der Waals surface area contributed by atoms with Crippen LogP contribution in [0.1, 0.15) is 12.1 Å². The van der Waals surface area contributed by atoms with E-state index in [1.807, 2.05) is 18.2 Å². The highest BCUT2D eigenvalue weighted by molar-refractivity contribution is 5.92. The summed E-state index contributed by atoms with van der Waals surface area (Å²) in [4.78, 5) is 12.5. The van der Waals surface area contributed by atoms with E-state index in [0.29, 0.717) is 32.1 Å². The first kappa shape index (κ1) is 15.1. The van der Waals surface area contributed by atoms with E-state index < -0.39 is 0 Å². The molecule has 3 N–H and O–H groups in total. The first-order valence-electron chi connectivity index (χ1n) is 7.53. The van der Waals surface area contributed by atoms with Crippen LogP contribution in [0.4, 0.5) is 5.69 Å². The first-order valence-corrected chi connectivity index (χ1v) is 7.53. The van der Waals surface area contributed by atoms with Crippen LogP contribution in [0.3, 0.4) is 0 Å². The van der Waals surface area contributed by atoms with Crippen LogP contribution in [-0.4, -0.2) is 35.7 Å². The van der Waals surface area contributed by atoms with Crippen LogP contribution in [-0.2, 0) is 6.42 Å². The Kier molecular flexibility index (Phi) is 4.88. The van der Waals surface area contributed by atoms with Gasteiger partial charge in [0.1, 0.15) is 0 Å². The molecule has 120 valence electrons. The molecule has 0 spiro atoms. The van der Waals surface area contributed by atoms with Gasteiger partial charge >= 0.3 is 0 Å². The second-order valence-corrected chi connectivity index (χ2v) is 5.05. The number of nitrogens with two attached hydrogens (primary N) is 1. The number of ether oxygens (including phenoxy) is 2. The van der Waals surface area contributed by atoms with Crippen LogP contribution >= 0.6 is 0 Å². The standard InChI is InChI=1S/C16H19N5O2/c17-16(20-5-4-13-11-18-6-7-19-13)21-12-2-3-14-15(10-12)23-9-1-8-22-14/h2-3,6-7,10-11H,1,4-5,8-9H2,(H3,17,20,21). The molecule has 2 aromatic rings. The highest BCUT2D eigenvalue weighted by Gasteiger charge is 2.10. The van der Waals surface area contributed by atoms with Gasteiger partial charge in [-0.15, -0.1) is 0 Å². The minimum atomic E-state index is 0.350. The number of rotatable bonds is 4. The van der Waals surface area contributed by atoms with Crippen molar-refractivity contribution in [3.8, 4) is 11.5 Å². The maximum absolute atomic E-state index is 5.91. The third-order valence-corrected chi connectivity index (χ3v) is 3.29. The van der Waals surface area contributed by atoms with Gasteiger partial charge in [-0.3, -0.25) is 15.0 Å². The molecule has 0 atom stereocenters. The third kappa shape index (κ3) is 4.32. The lowest BCUT2D eigenvalue weighted by atomic mass is 10.3. The highest BCUT2D eigenvalue weighted by Crippen LogP contribution is 2.32. The number of nitrogens with zero attached hydrogens (tertiary/aromatic N) is 3. The van der Waals surface area contributed by atoms with Gasteiger partial charge < -0.3 is 20.5 Å². The average molecular weight is 313 g/mol. The molecular weight excluding hydrogens is 294 g/mol. The number of anilines is 1. The van der Waals surface area contributed by atoms with Crippen molar-refractivity contribution in [1.82, 2.24) is 9.97 Å². The SMILES string of the molecule is NC(=NCCc1cnccn1)Nc1ccc2c(c1)OCCCO2. The number of aromatic nitrogens is 2. The molecule has 1 aromatic carbocycles. The van der Waals surface area contributed by atoms with E-state index in [1.165, 1.54) is 0 Å². The summed E-state index contributed by atoms with van der Waals surface area (Å²) in [5.74, 6) is 1.83. The Morgan fingerprint density at radius 2 is 2.09 bits per heavy atom. The summed E-state index contributed by atoms with van der Waals surface area (Å²) >= 11 is 0. The fourth-order valence-corrected chi connectivity index (χ4v) is 2.18. The Labute approximate surface area is 134 Å². The Bertz CT molecular complexity index is 675. The molecule has 1 aliphatic heterocycles. The smallest absolute Gasteiger partial charge is 0.193 e. The topological polar surface area (TPSA) is 94.7 Å². The summed E-state index contributed by atoms with van der Waals surface area (Å²) < 4.78 is 11.2. The van der Waals surface area contributed by atoms with Crippen molar-refractivity contribution in [2.75, 3.05) is 25.1 Å². The summed E-state index contributed by atoms with van der Waals surface area (Å²) in [6.45, 7) is 1.87. The van der Waals surface area contributed by atoms with E-state index in [4.69, 9.17) is 15.2 Å². The number of hydrogen-bond donors (Lipinski definition) is 2. The fourth-order valence-electron chi connectivity index (χ4n) is 2.18. The summed E-state index contributed by atoms with van der Waals surface area (Å²) in [6, 6.07) is 5.63. The lowest BCUT2D eigenvalue weighted by Crippen LogP contribution is -2.23. The second-order valence-electron chi connectivity index (χ2n) is 5.05. The zero-order valence-corrected chi connectivity index (χ0v) is 12.7. The lowest BCUT2D eigenvalue weighted by molar-refractivity contribution is 0.297. The van der Waals surface area contributed by atoms with E-state index in [1.54, 1.807) is 18.6 Å². The minimum absolute atomic E-state index is 0.350. The van der Waals surface area contributed by atoms with Gasteiger partial charge in [0.2, 0.25) is 0 Å². The van der Waals surface area contributed by atoms with Gasteiger partial charge in [0.15, 0.2) is 17.5 Å². The van der Waals surface area contributed by atoms with Crippen LogP contribution in [0, 0.1) is 0 Å². The number of hydrogen-bond acceptors (Lipinski definition) is 5. The van der Waals surface area contributed by atoms with Gasteiger partial charge in [0, 0.05) is 49.7 Å². The molecule has 0 saturated carbocycles. The van der Waals surface area contributed by atoms with Crippen LogP contribution in [0.5, 0.6) is 11.5 Å². The van der Waals surface area contributed by atoms with Crippen LogP contribution in [0.25, 0.3) is 0 Å². The first-order chi connectivity index (χ1) is 11.3. The van der Waals surface area contributed by atoms with Crippen molar-refractivity contribution < 1.29 is 9.47 Å². The van der Waals surface area contributed by atoms with Gasteiger partial charge in [-0.05, 0) is 12.1 Å². The average Bonchev–Trinajstić information content (AvgIpc) is 2.81. The fraction of sp³-hybridized carbons (Fsp3) is 0.312. The molecule has 0 bridgehead atoms. The number of nitrogens with one attached hydrogen (secondary N) is 1. The molecule has 0 radical (unpaired) electrons. The predicted octanol–water partition coefficient (Wildman–Crippen LogP) is 1.61. The van der Waals surface area contributed by atoms with E-state index in [-0.39, 0.29) is 0 Å². The normalized spacial score (nSPS) is 14.2. The summed E-state index contributed by atoms with van der Waals surface area (Å²) in [7, 11) is 0. The third-order valence-electron chi connectivity index (χ3n) is 3.29. The van der Waals surface area contributed by atoms with E-state index in [9.17, 15) is 0 Å².